The van der Waals surface area contributed by atoms with Gasteiger partial charge in [-0.3, -0.25) is 0 Å². The first-order chi connectivity index (χ1) is 14.3. The van der Waals surface area contributed by atoms with Crippen molar-refractivity contribution in [3.05, 3.63) is 12.2 Å². The average Bonchev–Trinajstić information content (AvgIpc) is 2.99. The van der Waals surface area contributed by atoms with E-state index < -0.39 is 0 Å². The summed E-state index contributed by atoms with van der Waals surface area (Å²) in [7, 11) is 0. The largest absolute Gasteiger partial charge is 0.389 e. The topological polar surface area (TPSA) is 38.7 Å². The van der Waals surface area contributed by atoms with Crippen LogP contribution in [0.5, 0.6) is 0 Å². The molecule has 30 heavy (non-hydrogen) atoms. The molecule has 5 aliphatic carbocycles. The molecule has 1 saturated heterocycles. The summed E-state index contributed by atoms with van der Waals surface area (Å²) in [4.78, 5) is 0. The second-order valence-corrected chi connectivity index (χ2v) is 12.5. The van der Waals surface area contributed by atoms with Crippen LogP contribution in [-0.4, -0.2) is 30.2 Å². The molecule has 2 spiro atoms. The van der Waals surface area contributed by atoms with Gasteiger partial charge in [0.25, 0.3) is 0 Å². The van der Waals surface area contributed by atoms with E-state index in [1.165, 1.54) is 44.9 Å². The van der Waals surface area contributed by atoms with E-state index in [2.05, 4.69) is 20.8 Å². The predicted octanol–water partition coefficient (Wildman–Crippen LogP) is 5.57. The molecule has 6 rings (SSSR count). The van der Waals surface area contributed by atoms with Crippen molar-refractivity contribution in [2.45, 2.75) is 91.0 Å². The van der Waals surface area contributed by atoms with Gasteiger partial charge in [0.1, 0.15) is 0 Å². The molecule has 0 radical (unpaired) electrons. The Morgan fingerprint density at radius 3 is 2.43 bits per heavy atom. The van der Waals surface area contributed by atoms with Gasteiger partial charge in [0.2, 0.25) is 0 Å². The van der Waals surface area contributed by atoms with E-state index in [1.807, 2.05) is 19.1 Å². The monoisotopic (exact) mass is 414 g/mol. The summed E-state index contributed by atoms with van der Waals surface area (Å²) in [5.74, 6) is 3.86. The third kappa shape index (κ3) is 2.19. The number of aliphatic hydroxyl groups is 1. The molecule has 0 aromatic rings. The Morgan fingerprint density at radius 1 is 0.967 bits per heavy atom. The van der Waals surface area contributed by atoms with Gasteiger partial charge >= 0.3 is 0 Å². The minimum atomic E-state index is -0.310. The molecule has 1 N–H and O–H groups in total. The lowest BCUT2D eigenvalue weighted by Crippen LogP contribution is -2.62. The Hall–Kier alpha value is -0.380. The molecular weight excluding hydrogens is 372 g/mol. The number of rotatable bonds is 3. The van der Waals surface area contributed by atoms with E-state index >= 15 is 0 Å². The third-order valence-electron chi connectivity index (χ3n) is 12.0. The quantitative estimate of drug-likeness (QED) is 0.614. The highest BCUT2D eigenvalue weighted by atomic mass is 16.7. The van der Waals surface area contributed by atoms with Crippen LogP contribution in [0.3, 0.4) is 0 Å². The van der Waals surface area contributed by atoms with Gasteiger partial charge in [0, 0.05) is 11.8 Å². The lowest BCUT2D eigenvalue weighted by molar-refractivity contribution is -0.294. The highest BCUT2D eigenvalue weighted by Crippen LogP contribution is 2.85. The molecule has 1 aliphatic heterocycles. The minimum Gasteiger partial charge on any atom is -0.389 e. The van der Waals surface area contributed by atoms with E-state index in [-0.39, 0.29) is 11.9 Å². The second kappa shape index (κ2) is 6.35. The fourth-order valence-electron chi connectivity index (χ4n) is 10.7. The summed E-state index contributed by atoms with van der Waals surface area (Å²) in [5, 5.41) is 10.8. The molecule has 3 nitrogen and oxygen atoms in total. The van der Waals surface area contributed by atoms with Crippen molar-refractivity contribution in [2.24, 2.45) is 51.8 Å². The van der Waals surface area contributed by atoms with Crippen LogP contribution < -0.4 is 0 Å². The molecule has 10 atom stereocenters. The van der Waals surface area contributed by atoms with Crippen molar-refractivity contribution in [3.8, 4) is 0 Å². The molecule has 0 aromatic heterocycles. The van der Waals surface area contributed by atoms with Crippen molar-refractivity contribution >= 4 is 0 Å². The van der Waals surface area contributed by atoms with Crippen molar-refractivity contribution in [1.82, 2.24) is 0 Å². The lowest BCUT2D eigenvalue weighted by Gasteiger charge is -2.63. The van der Waals surface area contributed by atoms with Crippen molar-refractivity contribution in [1.29, 1.82) is 0 Å². The van der Waals surface area contributed by atoms with Crippen LogP contribution in [0.15, 0.2) is 12.2 Å². The molecule has 168 valence electrons. The zero-order chi connectivity index (χ0) is 20.9. The average molecular weight is 415 g/mol. The zero-order valence-electron chi connectivity index (χ0n) is 19.5. The van der Waals surface area contributed by atoms with E-state index in [4.69, 9.17) is 9.47 Å². The first-order valence-electron chi connectivity index (χ1n) is 12.9. The predicted molar refractivity (Wildman–Crippen MR) is 118 cm³/mol. The van der Waals surface area contributed by atoms with Gasteiger partial charge in [-0.25, -0.2) is 0 Å². The Bertz CT molecular complexity index is 740. The van der Waals surface area contributed by atoms with E-state index in [0.717, 1.165) is 43.3 Å². The van der Waals surface area contributed by atoms with E-state index in [0.29, 0.717) is 28.1 Å². The number of aliphatic hydroxyl groups excluding tert-OH is 1. The second-order valence-electron chi connectivity index (χ2n) is 12.5. The summed E-state index contributed by atoms with van der Waals surface area (Å²) in [5.41, 5.74) is 1.07. The molecule has 0 amide bonds. The smallest absolute Gasteiger partial charge is 0.175 e. The van der Waals surface area contributed by atoms with Gasteiger partial charge in [0.05, 0.1) is 19.3 Å². The van der Waals surface area contributed by atoms with Gasteiger partial charge in [-0.2, -0.15) is 0 Å². The molecule has 0 aromatic carbocycles. The van der Waals surface area contributed by atoms with Gasteiger partial charge in [-0.05, 0) is 98.2 Å². The van der Waals surface area contributed by atoms with Crippen LogP contribution in [0.25, 0.3) is 0 Å². The molecule has 0 unspecified atom stereocenters. The van der Waals surface area contributed by atoms with Crippen molar-refractivity contribution in [3.63, 3.8) is 0 Å². The van der Waals surface area contributed by atoms with Crippen LogP contribution in [-0.2, 0) is 9.47 Å². The third-order valence-corrected chi connectivity index (χ3v) is 12.0. The number of ether oxygens (including phenoxy) is 2. The molecule has 0 bridgehead atoms. The highest BCUT2D eigenvalue weighted by Gasteiger charge is 2.83. The van der Waals surface area contributed by atoms with Gasteiger partial charge in [0.15, 0.2) is 5.79 Å². The Morgan fingerprint density at radius 2 is 1.73 bits per heavy atom. The van der Waals surface area contributed by atoms with Crippen LogP contribution >= 0.6 is 0 Å². The molecule has 5 saturated carbocycles. The van der Waals surface area contributed by atoms with Gasteiger partial charge in [-0.1, -0.05) is 32.9 Å². The first kappa shape index (κ1) is 20.2. The van der Waals surface area contributed by atoms with Gasteiger partial charge < -0.3 is 14.6 Å². The van der Waals surface area contributed by atoms with Crippen LogP contribution in [0.2, 0.25) is 0 Å². The Labute approximate surface area is 183 Å². The minimum absolute atomic E-state index is 0.281. The maximum absolute atomic E-state index is 10.8. The Kier molecular flexibility index (Phi) is 4.29. The van der Waals surface area contributed by atoms with Crippen molar-refractivity contribution < 1.29 is 14.6 Å². The first-order valence-corrected chi connectivity index (χ1v) is 12.9. The van der Waals surface area contributed by atoms with Crippen molar-refractivity contribution in [2.75, 3.05) is 13.2 Å². The molecular formula is C27H42O3. The summed E-state index contributed by atoms with van der Waals surface area (Å²) in [6.07, 6.45) is 14.3. The molecule has 6 aliphatic rings. The number of allylic oxidation sites excluding steroid dienone is 1. The molecule has 3 heteroatoms. The van der Waals surface area contributed by atoms with Gasteiger partial charge in [-0.15, -0.1) is 0 Å². The maximum atomic E-state index is 10.8. The normalized spacial score (nSPS) is 55.2. The summed E-state index contributed by atoms with van der Waals surface area (Å²) >= 11 is 0. The SMILES string of the molecule is C/C=C\[C@H](O)[C@@H](C)[C@H]1CC[C@H]2[C@@H]3CC4(OCCO4)[C@]45C[C@@H]4CC[C@]5(C)[C@H]3CC[C@]12C. The summed E-state index contributed by atoms with van der Waals surface area (Å²) in [6.45, 7) is 11.1. The number of fused-ring (bicyclic) bond motifs is 4. The highest BCUT2D eigenvalue weighted by molar-refractivity contribution is 5.29. The standard InChI is InChI=1S/C27H42O3/c1-5-6-23(28)17(2)20-7-8-21-19-16-27(29-13-14-30-27)26-15-18(26)9-12-25(26,4)22(19)10-11-24(20,21)3/h5-6,17-23,28H,7-16H2,1-4H3/b6-5-/t17-,18-,19-,20+,21-,22-,23-,24+,25+,26+/m0/s1. The maximum Gasteiger partial charge on any atom is 0.175 e. The number of hydrogen-bond acceptors (Lipinski definition) is 3. The van der Waals surface area contributed by atoms with Crippen LogP contribution in [0, 0.1) is 51.8 Å². The Balaban J connectivity index is 1.35. The lowest BCUT2D eigenvalue weighted by atomic mass is 9.44. The van der Waals surface area contributed by atoms with E-state index in [9.17, 15) is 5.11 Å². The molecule has 1 heterocycles. The molecule has 6 fully saturated rings. The summed E-state index contributed by atoms with van der Waals surface area (Å²) < 4.78 is 13.2. The van der Waals surface area contributed by atoms with Crippen LogP contribution in [0.4, 0.5) is 0 Å². The zero-order valence-corrected chi connectivity index (χ0v) is 19.5. The van der Waals surface area contributed by atoms with Crippen LogP contribution in [0.1, 0.15) is 79.1 Å². The number of hydrogen-bond donors (Lipinski definition) is 1. The summed E-state index contributed by atoms with van der Waals surface area (Å²) in [6, 6.07) is 0. The fourth-order valence-corrected chi connectivity index (χ4v) is 10.7. The fraction of sp³-hybridized carbons (Fsp3) is 0.926. The van der Waals surface area contributed by atoms with E-state index in [1.54, 1.807) is 0 Å².